The molecular formula is C15H15N3O. The Morgan fingerprint density at radius 3 is 2.42 bits per heavy atom. The molecule has 96 valence electrons. The van der Waals surface area contributed by atoms with Crippen LogP contribution in [0.2, 0.25) is 0 Å². The Hall–Kier alpha value is -2.49. The van der Waals surface area contributed by atoms with Crippen LogP contribution in [0.1, 0.15) is 11.1 Å². The lowest BCUT2D eigenvalue weighted by atomic mass is 9.93. The summed E-state index contributed by atoms with van der Waals surface area (Å²) in [5.41, 5.74) is 3.52. The number of benzene rings is 1. The number of rotatable bonds is 5. The van der Waals surface area contributed by atoms with Gasteiger partial charge in [0.05, 0.1) is 11.9 Å². The minimum Gasteiger partial charge on any atom is -0.508 e. The van der Waals surface area contributed by atoms with Gasteiger partial charge in [-0.05, 0) is 41.8 Å². The van der Waals surface area contributed by atoms with Crippen molar-refractivity contribution in [2.75, 3.05) is 0 Å². The minimum absolute atomic E-state index is 0.266. The summed E-state index contributed by atoms with van der Waals surface area (Å²) in [4.78, 5) is 0. The van der Waals surface area contributed by atoms with Gasteiger partial charge in [0.25, 0.3) is 0 Å². The molecule has 2 aromatic rings. The van der Waals surface area contributed by atoms with E-state index in [1.807, 2.05) is 6.07 Å². The van der Waals surface area contributed by atoms with Gasteiger partial charge < -0.3 is 5.11 Å². The number of hydrogen-bond acceptors (Lipinski definition) is 4. The van der Waals surface area contributed by atoms with Crippen LogP contribution in [-0.4, -0.2) is 20.5 Å². The second kappa shape index (κ2) is 5.91. The van der Waals surface area contributed by atoms with E-state index in [-0.39, 0.29) is 5.75 Å². The van der Waals surface area contributed by atoms with Gasteiger partial charge in [0, 0.05) is 11.1 Å². The maximum atomic E-state index is 9.99. The summed E-state index contributed by atoms with van der Waals surface area (Å²) in [7, 11) is 0. The first-order chi connectivity index (χ1) is 9.27. The van der Waals surface area contributed by atoms with Gasteiger partial charge in [-0.3, -0.25) is 0 Å². The van der Waals surface area contributed by atoms with Crippen molar-refractivity contribution in [3.8, 4) is 17.0 Å². The van der Waals surface area contributed by atoms with Gasteiger partial charge in [-0.25, -0.2) is 0 Å². The van der Waals surface area contributed by atoms with E-state index in [2.05, 4.69) is 28.6 Å². The Morgan fingerprint density at radius 1 is 1.05 bits per heavy atom. The third-order valence-electron chi connectivity index (χ3n) is 2.88. The second-order valence-corrected chi connectivity index (χ2v) is 4.08. The Balaban J connectivity index is 2.63. The third kappa shape index (κ3) is 2.68. The molecule has 0 amide bonds. The first kappa shape index (κ1) is 13.0. The number of aromatic hydroxyl groups is 1. The van der Waals surface area contributed by atoms with Crippen molar-refractivity contribution in [1.82, 2.24) is 15.4 Å². The molecule has 1 aromatic carbocycles. The normalized spacial score (nSPS) is 10.1. The Morgan fingerprint density at radius 2 is 1.79 bits per heavy atom. The smallest absolute Gasteiger partial charge is 0.119 e. The highest BCUT2D eigenvalue weighted by atomic mass is 16.3. The molecule has 0 fully saturated rings. The number of nitrogens with zero attached hydrogens (tertiary/aromatic N) is 3. The van der Waals surface area contributed by atoms with Crippen LogP contribution in [-0.2, 0) is 12.8 Å². The van der Waals surface area contributed by atoms with Crippen LogP contribution >= 0.6 is 0 Å². The molecule has 0 aliphatic rings. The van der Waals surface area contributed by atoms with Crippen LogP contribution in [0.5, 0.6) is 5.75 Å². The molecule has 4 heteroatoms. The summed E-state index contributed by atoms with van der Waals surface area (Å²) in [5.74, 6) is 0.266. The van der Waals surface area contributed by atoms with E-state index in [9.17, 15) is 5.11 Å². The van der Waals surface area contributed by atoms with Crippen molar-refractivity contribution in [3.63, 3.8) is 0 Å². The van der Waals surface area contributed by atoms with Crippen LogP contribution in [0.25, 0.3) is 11.3 Å². The average molecular weight is 253 g/mol. The summed E-state index contributed by atoms with van der Waals surface area (Å²) < 4.78 is 0. The van der Waals surface area contributed by atoms with E-state index >= 15 is 0 Å². The highest BCUT2D eigenvalue weighted by molar-refractivity contribution is 5.67. The van der Waals surface area contributed by atoms with Crippen LogP contribution < -0.4 is 0 Å². The lowest BCUT2D eigenvalue weighted by molar-refractivity contribution is 0.469. The van der Waals surface area contributed by atoms with Crippen molar-refractivity contribution < 1.29 is 5.11 Å². The summed E-state index contributed by atoms with van der Waals surface area (Å²) in [5, 5.41) is 21.3. The largest absolute Gasteiger partial charge is 0.508 e. The Kier molecular flexibility index (Phi) is 4.03. The lowest BCUT2D eigenvalue weighted by Crippen LogP contribution is -1.99. The van der Waals surface area contributed by atoms with Gasteiger partial charge in [0.2, 0.25) is 0 Å². The SMILES string of the molecule is C=CCc1c(O)ccc(-c2ccnnn2)c1CC=C. The zero-order valence-corrected chi connectivity index (χ0v) is 10.6. The molecule has 0 saturated heterocycles. The third-order valence-corrected chi connectivity index (χ3v) is 2.88. The van der Waals surface area contributed by atoms with E-state index in [0.717, 1.165) is 22.4 Å². The molecule has 0 aliphatic carbocycles. The standard InChI is InChI=1S/C15H15N3O/c1-3-5-11-12(14-9-10-16-18-17-14)7-8-15(19)13(11)6-4-2/h3-4,7-10,19H,1-2,5-6H2. The number of hydrogen-bond donors (Lipinski definition) is 1. The van der Waals surface area contributed by atoms with Crippen molar-refractivity contribution in [2.24, 2.45) is 0 Å². The molecule has 0 bridgehead atoms. The van der Waals surface area contributed by atoms with Gasteiger partial charge in [-0.2, -0.15) is 0 Å². The van der Waals surface area contributed by atoms with Gasteiger partial charge in [-0.15, -0.1) is 23.4 Å². The maximum Gasteiger partial charge on any atom is 0.119 e. The molecule has 0 unspecified atom stereocenters. The lowest BCUT2D eigenvalue weighted by Gasteiger charge is -2.13. The summed E-state index contributed by atoms with van der Waals surface area (Å²) in [6, 6.07) is 5.30. The molecule has 1 N–H and O–H groups in total. The fourth-order valence-electron chi connectivity index (χ4n) is 2.05. The zero-order valence-electron chi connectivity index (χ0n) is 10.6. The van der Waals surface area contributed by atoms with Gasteiger partial charge in [-0.1, -0.05) is 12.2 Å². The molecule has 0 saturated carbocycles. The molecule has 0 aliphatic heterocycles. The van der Waals surface area contributed by atoms with Crippen molar-refractivity contribution in [2.45, 2.75) is 12.8 Å². The number of phenols is 1. The highest BCUT2D eigenvalue weighted by Gasteiger charge is 2.13. The molecule has 0 atom stereocenters. The Labute approximate surface area is 112 Å². The van der Waals surface area contributed by atoms with Crippen LogP contribution in [0, 0.1) is 0 Å². The molecule has 0 spiro atoms. The highest BCUT2D eigenvalue weighted by Crippen LogP contribution is 2.31. The molecule has 19 heavy (non-hydrogen) atoms. The van der Waals surface area contributed by atoms with Crippen molar-refractivity contribution in [1.29, 1.82) is 0 Å². The molecule has 0 radical (unpaired) electrons. The van der Waals surface area contributed by atoms with Crippen LogP contribution in [0.4, 0.5) is 0 Å². The van der Waals surface area contributed by atoms with Crippen LogP contribution in [0.15, 0.2) is 49.7 Å². The van der Waals surface area contributed by atoms with Gasteiger partial charge in [0.15, 0.2) is 0 Å². The molecule has 4 nitrogen and oxygen atoms in total. The van der Waals surface area contributed by atoms with Crippen molar-refractivity contribution in [3.05, 3.63) is 60.8 Å². The van der Waals surface area contributed by atoms with Crippen molar-refractivity contribution >= 4 is 0 Å². The predicted octanol–water partition coefficient (Wildman–Crippen LogP) is 2.70. The predicted molar refractivity (Wildman–Crippen MR) is 74.7 cm³/mol. The van der Waals surface area contributed by atoms with Crippen LogP contribution in [0.3, 0.4) is 0 Å². The van der Waals surface area contributed by atoms with E-state index in [1.165, 1.54) is 0 Å². The molecule has 2 rings (SSSR count). The fourth-order valence-corrected chi connectivity index (χ4v) is 2.05. The number of phenolic OH excluding ortho intramolecular Hbond substituents is 1. The monoisotopic (exact) mass is 253 g/mol. The minimum atomic E-state index is 0.266. The first-order valence-electron chi connectivity index (χ1n) is 5.98. The summed E-state index contributed by atoms with van der Waals surface area (Å²) >= 11 is 0. The summed E-state index contributed by atoms with van der Waals surface area (Å²) in [6.45, 7) is 7.49. The second-order valence-electron chi connectivity index (χ2n) is 4.08. The molecule has 1 aromatic heterocycles. The first-order valence-corrected chi connectivity index (χ1v) is 5.98. The molecular weight excluding hydrogens is 238 g/mol. The average Bonchev–Trinajstić information content (AvgIpc) is 2.44. The van der Waals surface area contributed by atoms with E-state index in [0.29, 0.717) is 12.8 Å². The molecule has 1 heterocycles. The van der Waals surface area contributed by atoms with E-state index in [4.69, 9.17) is 0 Å². The number of aromatic nitrogens is 3. The fraction of sp³-hybridized carbons (Fsp3) is 0.133. The number of allylic oxidation sites excluding steroid dienone is 2. The quantitative estimate of drug-likeness (QED) is 0.832. The zero-order chi connectivity index (χ0) is 13.7. The maximum absolute atomic E-state index is 9.99. The van der Waals surface area contributed by atoms with E-state index < -0.39 is 0 Å². The summed E-state index contributed by atoms with van der Waals surface area (Å²) in [6.07, 6.45) is 6.42. The van der Waals surface area contributed by atoms with Gasteiger partial charge >= 0.3 is 0 Å². The van der Waals surface area contributed by atoms with E-state index in [1.54, 1.807) is 30.5 Å². The topological polar surface area (TPSA) is 58.9 Å². The van der Waals surface area contributed by atoms with Gasteiger partial charge in [0.1, 0.15) is 5.75 Å². The Bertz CT molecular complexity index is 594.